The van der Waals surface area contributed by atoms with Gasteiger partial charge in [-0.3, -0.25) is 9.79 Å². The molecule has 0 aromatic carbocycles. The topological polar surface area (TPSA) is 56.7 Å². The molecule has 1 aromatic rings. The number of carbonyl (C=O) groups is 1. The molecule has 2 rings (SSSR count). The second-order valence-corrected chi connectivity index (χ2v) is 8.34. The highest BCUT2D eigenvalue weighted by Gasteiger charge is 2.23. The van der Waals surface area contributed by atoms with Crippen LogP contribution in [0.1, 0.15) is 51.3 Å². The third-order valence-corrected chi connectivity index (χ3v) is 6.10. The maximum absolute atomic E-state index is 12.4. The summed E-state index contributed by atoms with van der Waals surface area (Å²) < 4.78 is 0. The van der Waals surface area contributed by atoms with Gasteiger partial charge in [0.2, 0.25) is 5.91 Å². The number of thiophene rings is 1. The molecular formula is C19H33IN4OS. The van der Waals surface area contributed by atoms with E-state index in [0.29, 0.717) is 19.0 Å². The van der Waals surface area contributed by atoms with E-state index in [0.717, 1.165) is 31.9 Å². The van der Waals surface area contributed by atoms with Crippen LogP contribution in [0.25, 0.3) is 0 Å². The van der Waals surface area contributed by atoms with Gasteiger partial charge in [-0.1, -0.05) is 19.9 Å². The van der Waals surface area contributed by atoms with Crippen molar-refractivity contribution in [1.29, 1.82) is 0 Å². The molecule has 5 nitrogen and oxygen atoms in total. The maximum atomic E-state index is 12.4. The van der Waals surface area contributed by atoms with E-state index in [1.54, 1.807) is 18.4 Å². The summed E-state index contributed by atoms with van der Waals surface area (Å²) in [5.41, 5.74) is 0.0465. The molecule has 1 fully saturated rings. The third-order valence-electron chi connectivity index (χ3n) is 4.86. The normalized spacial score (nSPS) is 18.2. The van der Waals surface area contributed by atoms with Gasteiger partial charge >= 0.3 is 0 Å². The number of halogens is 1. The highest BCUT2D eigenvalue weighted by Crippen LogP contribution is 2.26. The summed E-state index contributed by atoms with van der Waals surface area (Å²) >= 11 is 1.78. The number of nitrogens with one attached hydrogen (secondary N) is 2. The van der Waals surface area contributed by atoms with E-state index in [1.807, 2.05) is 4.90 Å². The standard InChI is InChI=1S/C19H32N4OS.HI/c1-15-8-5-6-12-23(15)17(24)10-11-21-18(20-4)22-14-19(2,3)16-9-7-13-25-16;/h7,9,13,15H,5-6,8,10-12,14H2,1-4H3,(H2,20,21,22);1H. The first kappa shape index (κ1) is 23.2. The number of hydrogen-bond acceptors (Lipinski definition) is 3. The van der Waals surface area contributed by atoms with Crippen molar-refractivity contribution in [2.24, 2.45) is 4.99 Å². The van der Waals surface area contributed by atoms with Crippen LogP contribution in [0.4, 0.5) is 0 Å². The van der Waals surface area contributed by atoms with Crippen LogP contribution in [0, 0.1) is 0 Å². The summed E-state index contributed by atoms with van der Waals surface area (Å²) in [5.74, 6) is 0.998. The molecule has 1 atom stereocenters. The van der Waals surface area contributed by atoms with Crippen molar-refractivity contribution in [3.05, 3.63) is 22.4 Å². The molecule has 0 spiro atoms. The number of piperidine rings is 1. The van der Waals surface area contributed by atoms with Crippen LogP contribution in [-0.4, -0.2) is 49.5 Å². The molecule has 0 bridgehead atoms. The summed E-state index contributed by atoms with van der Waals surface area (Å²) in [5, 5.41) is 8.76. The van der Waals surface area contributed by atoms with Gasteiger partial charge in [-0.05, 0) is 37.6 Å². The van der Waals surface area contributed by atoms with Crippen molar-refractivity contribution in [3.63, 3.8) is 0 Å². The number of likely N-dealkylation sites (tertiary alicyclic amines) is 1. The Kier molecular flexibility index (Phi) is 9.92. The van der Waals surface area contributed by atoms with Crippen molar-refractivity contribution in [1.82, 2.24) is 15.5 Å². The average molecular weight is 492 g/mol. The first-order chi connectivity index (χ1) is 11.9. The fourth-order valence-electron chi connectivity index (χ4n) is 3.18. The van der Waals surface area contributed by atoms with Gasteiger partial charge in [-0.25, -0.2) is 0 Å². The van der Waals surface area contributed by atoms with Crippen LogP contribution >= 0.6 is 35.3 Å². The largest absolute Gasteiger partial charge is 0.356 e. The summed E-state index contributed by atoms with van der Waals surface area (Å²) in [4.78, 5) is 20.0. The van der Waals surface area contributed by atoms with Crippen molar-refractivity contribution in [2.45, 2.75) is 57.9 Å². The van der Waals surface area contributed by atoms with Gasteiger partial charge in [-0.15, -0.1) is 35.3 Å². The highest BCUT2D eigenvalue weighted by atomic mass is 127. The zero-order valence-electron chi connectivity index (χ0n) is 16.4. The molecule has 2 N–H and O–H groups in total. The number of amides is 1. The number of hydrogen-bond donors (Lipinski definition) is 2. The van der Waals surface area contributed by atoms with Gasteiger partial charge in [0.05, 0.1) is 0 Å². The summed E-state index contributed by atoms with van der Waals surface area (Å²) in [7, 11) is 1.77. The minimum absolute atomic E-state index is 0. The fraction of sp³-hybridized carbons (Fsp3) is 0.684. The molecule has 0 aliphatic carbocycles. The number of guanidine groups is 1. The van der Waals surface area contributed by atoms with E-state index in [-0.39, 0.29) is 35.3 Å². The number of nitrogens with zero attached hydrogens (tertiary/aromatic N) is 2. The SMILES string of the molecule is CN=C(NCCC(=O)N1CCCCC1C)NCC(C)(C)c1cccs1.I. The Balaban J connectivity index is 0.00000338. The molecule has 1 aromatic heterocycles. The maximum Gasteiger partial charge on any atom is 0.224 e. The molecular weight excluding hydrogens is 459 g/mol. The second kappa shape index (κ2) is 11.1. The van der Waals surface area contributed by atoms with Gasteiger partial charge in [0, 0.05) is 49.4 Å². The van der Waals surface area contributed by atoms with Gasteiger partial charge in [-0.2, -0.15) is 0 Å². The number of rotatable bonds is 6. The quantitative estimate of drug-likeness (QED) is 0.363. The Labute approximate surface area is 179 Å². The molecule has 0 saturated carbocycles. The smallest absolute Gasteiger partial charge is 0.224 e. The zero-order chi connectivity index (χ0) is 18.3. The van der Waals surface area contributed by atoms with Crippen molar-refractivity contribution in [2.75, 3.05) is 26.7 Å². The van der Waals surface area contributed by atoms with Gasteiger partial charge in [0.1, 0.15) is 0 Å². The Hall–Kier alpha value is -0.830. The van der Waals surface area contributed by atoms with Crippen LogP contribution in [0.3, 0.4) is 0 Å². The van der Waals surface area contributed by atoms with E-state index >= 15 is 0 Å². The third kappa shape index (κ3) is 6.72. The summed E-state index contributed by atoms with van der Waals surface area (Å²) in [6.07, 6.45) is 4.00. The van der Waals surface area contributed by atoms with E-state index in [1.165, 1.54) is 11.3 Å². The summed E-state index contributed by atoms with van der Waals surface area (Å²) in [6, 6.07) is 4.63. The molecule has 148 valence electrons. The minimum atomic E-state index is 0. The van der Waals surface area contributed by atoms with Crippen LogP contribution in [0.15, 0.2) is 22.5 Å². The molecule has 1 amide bonds. The van der Waals surface area contributed by atoms with Gasteiger partial charge in [0.25, 0.3) is 0 Å². The minimum Gasteiger partial charge on any atom is -0.356 e. The molecule has 1 aliphatic heterocycles. The molecule has 7 heteroatoms. The Bertz CT molecular complexity index is 574. The van der Waals surface area contributed by atoms with Crippen LogP contribution in [0.5, 0.6) is 0 Å². The number of carbonyl (C=O) groups excluding carboxylic acids is 1. The van der Waals surface area contributed by atoms with Gasteiger partial charge in [0.15, 0.2) is 5.96 Å². The average Bonchev–Trinajstić information content (AvgIpc) is 3.13. The Morgan fingerprint density at radius 1 is 1.38 bits per heavy atom. The zero-order valence-corrected chi connectivity index (χ0v) is 19.5. The first-order valence-corrected chi connectivity index (χ1v) is 10.1. The lowest BCUT2D eigenvalue weighted by atomic mass is 9.91. The molecule has 26 heavy (non-hydrogen) atoms. The molecule has 1 saturated heterocycles. The lowest BCUT2D eigenvalue weighted by Crippen LogP contribution is -2.46. The van der Waals surface area contributed by atoms with Crippen molar-refractivity contribution >= 4 is 47.2 Å². The molecule has 0 radical (unpaired) electrons. The first-order valence-electron chi connectivity index (χ1n) is 9.22. The molecule has 1 unspecified atom stereocenters. The molecule has 2 heterocycles. The predicted octanol–water partition coefficient (Wildman–Crippen LogP) is 3.60. The Morgan fingerprint density at radius 2 is 2.15 bits per heavy atom. The highest BCUT2D eigenvalue weighted by molar-refractivity contribution is 14.0. The van der Waals surface area contributed by atoms with E-state index in [9.17, 15) is 4.79 Å². The fourth-order valence-corrected chi connectivity index (χ4v) is 4.03. The van der Waals surface area contributed by atoms with E-state index in [2.05, 4.69) is 53.9 Å². The van der Waals surface area contributed by atoms with Crippen molar-refractivity contribution < 1.29 is 4.79 Å². The molecule has 1 aliphatic rings. The van der Waals surface area contributed by atoms with E-state index in [4.69, 9.17) is 0 Å². The van der Waals surface area contributed by atoms with E-state index < -0.39 is 0 Å². The summed E-state index contributed by atoms with van der Waals surface area (Å²) in [6.45, 7) is 8.91. The van der Waals surface area contributed by atoms with Crippen LogP contribution < -0.4 is 10.6 Å². The number of aliphatic imine (C=N–C) groups is 1. The predicted molar refractivity (Wildman–Crippen MR) is 122 cm³/mol. The lowest BCUT2D eigenvalue weighted by molar-refractivity contribution is -0.134. The van der Waals surface area contributed by atoms with Crippen LogP contribution in [0.2, 0.25) is 0 Å². The van der Waals surface area contributed by atoms with Crippen LogP contribution in [-0.2, 0) is 10.2 Å². The second-order valence-electron chi connectivity index (χ2n) is 7.40. The van der Waals surface area contributed by atoms with Crippen molar-refractivity contribution in [3.8, 4) is 0 Å². The Morgan fingerprint density at radius 3 is 2.77 bits per heavy atom. The monoisotopic (exact) mass is 492 g/mol. The lowest BCUT2D eigenvalue weighted by Gasteiger charge is -2.33. The van der Waals surface area contributed by atoms with Gasteiger partial charge < -0.3 is 15.5 Å².